The monoisotopic (exact) mass is 165 g/mol. The van der Waals surface area contributed by atoms with Crippen molar-refractivity contribution in [2.24, 2.45) is 5.92 Å². The van der Waals surface area contributed by atoms with Gasteiger partial charge in [-0.2, -0.15) is 0 Å². The Morgan fingerprint density at radius 2 is 2.20 bits per heavy atom. The third-order valence-electron chi connectivity index (χ3n) is 1.96. The lowest BCUT2D eigenvalue weighted by Crippen LogP contribution is -2.17. The molecule has 1 aliphatic heterocycles. The van der Waals surface area contributed by atoms with Gasteiger partial charge in [-0.1, -0.05) is 13.3 Å². The minimum atomic E-state index is -0.0788. The fraction of sp³-hybridized carbons (Fsp3) is 1.00. The van der Waals surface area contributed by atoms with Crippen LogP contribution in [0.2, 0.25) is 0 Å². The third kappa shape index (κ3) is 2.45. The summed E-state index contributed by atoms with van der Waals surface area (Å²) in [4.78, 5) is 0. The first kappa shape index (κ1) is 10.2. The zero-order chi connectivity index (χ0) is 6.69. The van der Waals surface area contributed by atoms with Crippen molar-refractivity contribution in [1.82, 2.24) is 5.32 Å². The van der Waals surface area contributed by atoms with E-state index in [0.29, 0.717) is 5.92 Å². The highest BCUT2D eigenvalue weighted by atomic mass is 35.5. The summed E-state index contributed by atoms with van der Waals surface area (Å²) in [5, 5.41) is 12.4. The first-order chi connectivity index (χ1) is 4.34. The molecule has 3 heteroatoms. The summed E-state index contributed by atoms with van der Waals surface area (Å²) in [6.07, 6.45) is 2.27. The summed E-state index contributed by atoms with van der Waals surface area (Å²) in [6, 6.07) is 0. The molecule has 2 atom stereocenters. The van der Waals surface area contributed by atoms with Gasteiger partial charge in [0.15, 0.2) is 0 Å². The quantitative estimate of drug-likeness (QED) is 0.634. The lowest BCUT2D eigenvalue weighted by molar-refractivity contribution is 0.142. The number of rotatable bonds is 2. The molecule has 1 saturated heterocycles. The maximum absolute atomic E-state index is 9.26. The molecule has 0 aromatic carbocycles. The SMILES string of the molecule is CCC[C@@H]1CNC[C@@H]1O.Cl. The Kier molecular flexibility index (Phi) is 5.04. The van der Waals surface area contributed by atoms with Crippen LogP contribution in [-0.2, 0) is 0 Å². The summed E-state index contributed by atoms with van der Waals surface area (Å²) in [6.45, 7) is 3.96. The molecule has 0 unspecified atom stereocenters. The second-order valence-electron chi connectivity index (χ2n) is 2.77. The van der Waals surface area contributed by atoms with Crippen LogP contribution in [0.15, 0.2) is 0 Å². The fourth-order valence-electron chi connectivity index (χ4n) is 1.38. The van der Waals surface area contributed by atoms with E-state index in [1.54, 1.807) is 0 Å². The second kappa shape index (κ2) is 4.94. The Balaban J connectivity index is 0.000000810. The molecule has 0 saturated carbocycles. The van der Waals surface area contributed by atoms with E-state index in [0.717, 1.165) is 19.5 Å². The van der Waals surface area contributed by atoms with Gasteiger partial charge in [0, 0.05) is 13.1 Å². The maximum Gasteiger partial charge on any atom is 0.0704 e. The van der Waals surface area contributed by atoms with Gasteiger partial charge >= 0.3 is 0 Å². The molecule has 0 aliphatic carbocycles. The largest absolute Gasteiger partial charge is 0.391 e. The smallest absolute Gasteiger partial charge is 0.0704 e. The molecule has 62 valence electrons. The van der Waals surface area contributed by atoms with Crippen molar-refractivity contribution in [3.05, 3.63) is 0 Å². The van der Waals surface area contributed by atoms with Crippen molar-refractivity contribution in [2.45, 2.75) is 25.9 Å². The molecule has 0 spiro atoms. The summed E-state index contributed by atoms with van der Waals surface area (Å²) in [7, 11) is 0. The van der Waals surface area contributed by atoms with Crippen molar-refractivity contribution < 1.29 is 5.11 Å². The average molecular weight is 166 g/mol. The molecule has 10 heavy (non-hydrogen) atoms. The van der Waals surface area contributed by atoms with Crippen LogP contribution in [-0.4, -0.2) is 24.3 Å². The van der Waals surface area contributed by atoms with Gasteiger partial charge < -0.3 is 10.4 Å². The van der Waals surface area contributed by atoms with Crippen LogP contribution in [0, 0.1) is 5.92 Å². The van der Waals surface area contributed by atoms with E-state index in [-0.39, 0.29) is 18.5 Å². The van der Waals surface area contributed by atoms with Gasteiger partial charge in [0.25, 0.3) is 0 Å². The van der Waals surface area contributed by atoms with Gasteiger partial charge in [-0.15, -0.1) is 12.4 Å². The minimum Gasteiger partial charge on any atom is -0.391 e. The Labute approximate surface area is 68.4 Å². The van der Waals surface area contributed by atoms with Crippen LogP contribution in [0.4, 0.5) is 0 Å². The van der Waals surface area contributed by atoms with Crippen molar-refractivity contribution in [3.8, 4) is 0 Å². The summed E-state index contributed by atoms with van der Waals surface area (Å²) in [5.74, 6) is 0.523. The van der Waals surface area contributed by atoms with Crippen LogP contribution in [0.25, 0.3) is 0 Å². The van der Waals surface area contributed by atoms with Gasteiger partial charge in [-0.05, 0) is 12.3 Å². The molecule has 0 amide bonds. The van der Waals surface area contributed by atoms with Crippen molar-refractivity contribution >= 4 is 12.4 Å². The normalized spacial score (nSPS) is 31.8. The van der Waals surface area contributed by atoms with Crippen molar-refractivity contribution in [2.75, 3.05) is 13.1 Å². The molecule has 2 nitrogen and oxygen atoms in total. The molecular weight excluding hydrogens is 150 g/mol. The van der Waals surface area contributed by atoms with Gasteiger partial charge in [0.05, 0.1) is 6.10 Å². The molecule has 0 radical (unpaired) electrons. The maximum atomic E-state index is 9.26. The lowest BCUT2D eigenvalue weighted by Gasteiger charge is -2.10. The first-order valence-electron chi connectivity index (χ1n) is 3.73. The standard InChI is InChI=1S/C7H15NO.ClH/c1-2-3-6-4-8-5-7(6)9;/h6-9H,2-5H2,1H3;1H/t6-,7+;/m1./s1. The Hall–Kier alpha value is 0.210. The molecule has 0 bridgehead atoms. The van der Waals surface area contributed by atoms with Crippen LogP contribution >= 0.6 is 12.4 Å². The van der Waals surface area contributed by atoms with Gasteiger partial charge in [-0.25, -0.2) is 0 Å². The van der Waals surface area contributed by atoms with Gasteiger partial charge in [0.2, 0.25) is 0 Å². The Morgan fingerprint density at radius 1 is 1.50 bits per heavy atom. The highest BCUT2D eigenvalue weighted by Crippen LogP contribution is 2.14. The summed E-state index contributed by atoms with van der Waals surface area (Å²) in [5.41, 5.74) is 0. The molecule has 0 aromatic rings. The van der Waals surface area contributed by atoms with E-state index in [1.165, 1.54) is 6.42 Å². The number of aliphatic hydroxyl groups is 1. The first-order valence-corrected chi connectivity index (χ1v) is 3.73. The number of halogens is 1. The Morgan fingerprint density at radius 3 is 2.60 bits per heavy atom. The predicted octanol–water partition coefficient (Wildman–Crippen LogP) is 0.789. The van der Waals surface area contributed by atoms with E-state index < -0.39 is 0 Å². The van der Waals surface area contributed by atoms with Crippen LogP contribution in [0.5, 0.6) is 0 Å². The highest BCUT2D eigenvalue weighted by molar-refractivity contribution is 5.85. The molecule has 0 aromatic heterocycles. The van der Waals surface area contributed by atoms with Gasteiger partial charge in [0.1, 0.15) is 0 Å². The predicted molar refractivity (Wildman–Crippen MR) is 44.5 cm³/mol. The number of hydrogen-bond donors (Lipinski definition) is 2. The van der Waals surface area contributed by atoms with E-state index >= 15 is 0 Å². The van der Waals surface area contributed by atoms with E-state index in [1.807, 2.05) is 0 Å². The topological polar surface area (TPSA) is 32.3 Å². The molecule has 1 aliphatic rings. The van der Waals surface area contributed by atoms with E-state index in [2.05, 4.69) is 12.2 Å². The van der Waals surface area contributed by atoms with Crippen molar-refractivity contribution in [3.63, 3.8) is 0 Å². The molecule has 1 fully saturated rings. The van der Waals surface area contributed by atoms with Crippen LogP contribution in [0.3, 0.4) is 0 Å². The average Bonchev–Trinajstić information content (AvgIpc) is 2.18. The van der Waals surface area contributed by atoms with E-state index in [4.69, 9.17) is 0 Å². The minimum absolute atomic E-state index is 0. The van der Waals surface area contributed by atoms with Gasteiger partial charge in [-0.3, -0.25) is 0 Å². The second-order valence-corrected chi connectivity index (χ2v) is 2.77. The molecular formula is C7H16ClNO. The molecule has 1 rings (SSSR count). The fourth-order valence-corrected chi connectivity index (χ4v) is 1.38. The lowest BCUT2D eigenvalue weighted by atomic mass is 10.0. The molecule has 2 N–H and O–H groups in total. The third-order valence-corrected chi connectivity index (χ3v) is 1.96. The van der Waals surface area contributed by atoms with Crippen molar-refractivity contribution in [1.29, 1.82) is 0 Å². The number of aliphatic hydroxyl groups excluding tert-OH is 1. The zero-order valence-electron chi connectivity index (χ0n) is 6.34. The number of nitrogens with one attached hydrogen (secondary N) is 1. The zero-order valence-corrected chi connectivity index (χ0v) is 7.16. The van der Waals surface area contributed by atoms with Crippen LogP contribution in [0.1, 0.15) is 19.8 Å². The number of hydrogen-bond acceptors (Lipinski definition) is 2. The van der Waals surface area contributed by atoms with E-state index in [9.17, 15) is 5.11 Å². The highest BCUT2D eigenvalue weighted by Gasteiger charge is 2.23. The number of β-amino-alcohol motifs (C(OH)–C–C–N with tert-alkyl or cyclic N) is 1. The molecule has 1 heterocycles. The summed E-state index contributed by atoms with van der Waals surface area (Å²) >= 11 is 0. The Bertz CT molecular complexity index is 89.7. The summed E-state index contributed by atoms with van der Waals surface area (Å²) < 4.78 is 0. The van der Waals surface area contributed by atoms with Crippen LogP contribution < -0.4 is 5.32 Å².